The van der Waals surface area contributed by atoms with Crippen LogP contribution in [0.15, 0.2) is 54.9 Å². The monoisotopic (exact) mass is 403 g/mol. The van der Waals surface area contributed by atoms with E-state index in [0.717, 1.165) is 55.1 Å². The number of benzene rings is 1. The second-order valence-electron chi connectivity index (χ2n) is 8.04. The topological polar surface area (TPSA) is 83.1 Å². The molecule has 7 nitrogen and oxygen atoms in total. The molecule has 1 amide bonds. The Bertz CT molecular complexity index is 1030. The lowest BCUT2D eigenvalue weighted by atomic mass is 9.94. The van der Waals surface area contributed by atoms with E-state index in [-0.39, 0.29) is 17.4 Å². The third-order valence-electron chi connectivity index (χ3n) is 6.15. The fourth-order valence-electron chi connectivity index (χ4n) is 4.21. The number of carbonyl (C=O) groups excluding carboxylic acids is 1. The fourth-order valence-corrected chi connectivity index (χ4v) is 4.21. The van der Waals surface area contributed by atoms with Crippen LogP contribution in [0.3, 0.4) is 0 Å². The average Bonchev–Trinajstić information content (AvgIpc) is 3.19. The standard InChI is InChI=1S/C23H25N5O2/c1-30-18-6-4-16(5-7-18)23(10-11-23)21(29)26-17-9-14-28(15-17)22-25-13-8-20(27-22)19-3-2-12-24-19/h2-8,12-13,17,24H,9-11,14-15H2,1H3,(H,26,29). The lowest BCUT2D eigenvalue weighted by molar-refractivity contribution is -0.124. The first-order valence-corrected chi connectivity index (χ1v) is 10.4. The summed E-state index contributed by atoms with van der Waals surface area (Å²) >= 11 is 0. The smallest absolute Gasteiger partial charge is 0.230 e. The predicted octanol–water partition coefficient (Wildman–Crippen LogP) is 2.91. The molecule has 1 aliphatic heterocycles. The number of carbonyl (C=O) groups is 1. The summed E-state index contributed by atoms with van der Waals surface area (Å²) in [5.74, 6) is 1.64. The number of aromatic amines is 1. The molecule has 1 unspecified atom stereocenters. The second kappa shape index (κ2) is 7.48. The molecule has 1 saturated heterocycles. The van der Waals surface area contributed by atoms with Crippen molar-refractivity contribution in [2.75, 3.05) is 25.1 Å². The van der Waals surface area contributed by atoms with Crippen molar-refractivity contribution >= 4 is 11.9 Å². The molecule has 1 atom stereocenters. The van der Waals surface area contributed by atoms with E-state index in [2.05, 4.69) is 20.2 Å². The van der Waals surface area contributed by atoms with Gasteiger partial charge < -0.3 is 19.9 Å². The first-order chi connectivity index (χ1) is 14.7. The Labute approximate surface area is 175 Å². The van der Waals surface area contributed by atoms with Crippen molar-refractivity contribution in [3.8, 4) is 17.1 Å². The van der Waals surface area contributed by atoms with Crippen molar-refractivity contribution < 1.29 is 9.53 Å². The molecule has 0 spiro atoms. The lowest BCUT2D eigenvalue weighted by Gasteiger charge is -2.21. The molecule has 2 aromatic heterocycles. The van der Waals surface area contributed by atoms with Crippen molar-refractivity contribution in [1.82, 2.24) is 20.3 Å². The van der Waals surface area contributed by atoms with Crippen LogP contribution < -0.4 is 15.0 Å². The van der Waals surface area contributed by atoms with Gasteiger partial charge in [-0.25, -0.2) is 9.97 Å². The average molecular weight is 403 g/mol. The first-order valence-electron chi connectivity index (χ1n) is 10.4. The summed E-state index contributed by atoms with van der Waals surface area (Å²) in [4.78, 5) is 27.6. The number of rotatable bonds is 6. The van der Waals surface area contributed by atoms with Crippen molar-refractivity contribution in [3.63, 3.8) is 0 Å². The Hall–Kier alpha value is -3.35. The highest BCUT2D eigenvalue weighted by Gasteiger charge is 2.51. The van der Waals surface area contributed by atoms with Crippen molar-refractivity contribution in [1.29, 1.82) is 0 Å². The van der Waals surface area contributed by atoms with E-state index in [1.54, 1.807) is 13.3 Å². The summed E-state index contributed by atoms with van der Waals surface area (Å²) in [6.07, 6.45) is 6.34. The molecular formula is C23H25N5O2. The van der Waals surface area contributed by atoms with E-state index in [9.17, 15) is 4.79 Å². The van der Waals surface area contributed by atoms with Gasteiger partial charge in [-0.05, 0) is 55.2 Å². The fraction of sp³-hybridized carbons (Fsp3) is 0.348. The molecule has 2 fully saturated rings. The molecule has 154 valence electrons. The summed E-state index contributed by atoms with van der Waals surface area (Å²) in [5.41, 5.74) is 2.52. The van der Waals surface area contributed by atoms with Crippen molar-refractivity contribution in [3.05, 3.63) is 60.4 Å². The highest BCUT2D eigenvalue weighted by Crippen LogP contribution is 2.48. The maximum absolute atomic E-state index is 13.1. The van der Waals surface area contributed by atoms with Gasteiger partial charge in [0.05, 0.1) is 23.9 Å². The summed E-state index contributed by atoms with van der Waals surface area (Å²) < 4.78 is 5.24. The number of anilines is 1. The van der Waals surface area contributed by atoms with Crippen LogP contribution in [0.1, 0.15) is 24.8 Å². The van der Waals surface area contributed by atoms with Crippen LogP contribution in [0.4, 0.5) is 5.95 Å². The third-order valence-corrected chi connectivity index (χ3v) is 6.15. The van der Waals surface area contributed by atoms with Gasteiger partial charge in [0.25, 0.3) is 0 Å². The number of hydrogen-bond acceptors (Lipinski definition) is 5. The SMILES string of the molecule is COc1ccc(C2(C(=O)NC3CCN(c4nccc(-c5ccc[nH]5)n4)C3)CC2)cc1. The highest BCUT2D eigenvalue weighted by molar-refractivity contribution is 5.91. The van der Waals surface area contributed by atoms with Gasteiger partial charge in [0.2, 0.25) is 11.9 Å². The first kappa shape index (κ1) is 18.7. The lowest BCUT2D eigenvalue weighted by Crippen LogP contribution is -2.43. The maximum atomic E-state index is 13.1. The second-order valence-corrected chi connectivity index (χ2v) is 8.04. The number of methoxy groups -OCH3 is 1. The molecule has 5 rings (SSSR count). The minimum atomic E-state index is -0.385. The Balaban J connectivity index is 1.24. The van der Waals surface area contributed by atoms with Crippen LogP contribution in [-0.2, 0) is 10.2 Å². The Morgan fingerprint density at radius 1 is 1.23 bits per heavy atom. The molecular weight excluding hydrogens is 378 g/mol. The van der Waals surface area contributed by atoms with E-state index in [1.165, 1.54) is 0 Å². The van der Waals surface area contributed by atoms with Crippen LogP contribution in [0, 0.1) is 0 Å². The number of ether oxygens (including phenoxy) is 1. The maximum Gasteiger partial charge on any atom is 0.230 e. The quantitative estimate of drug-likeness (QED) is 0.661. The van der Waals surface area contributed by atoms with Crippen molar-refractivity contribution in [2.24, 2.45) is 0 Å². The van der Waals surface area contributed by atoms with Gasteiger partial charge in [-0.2, -0.15) is 0 Å². The molecule has 30 heavy (non-hydrogen) atoms. The Morgan fingerprint density at radius 3 is 2.77 bits per heavy atom. The van der Waals surface area contributed by atoms with Crippen LogP contribution in [0.5, 0.6) is 5.75 Å². The van der Waals surface area contributed by atoms with E-state index in [0.29, 0.717) is 5.95 Å². The number of H-pyrrole nitrogens is 1. The van der Waals surface area contributed by atoms with Crippen LogP contribution >= 0.6 is 0 Å². The zero-order valence-corrected chi connectivity index (χ0v) is 17.0. The number of nitrogens with zero attached hydrogens (tertiary/aromatic N) is 3. The molecule has 3 heterocycles. The van der Waals surface area contributed by atoms with Gasteiger partial charge in [-0.1, -0.05) is 12.1 Å². The number of aromatic nitrogens is 3. The number of nitrogens with one attached hydrogen (secondary N) is 2. The zero-order valence-electron chi connectivity index (χ0n) is 17.0. The Kier molecular flexibility index (Phi) is 4.65. The van der Waals surface area contributed by atoms with Gasteiger partial charge in [0.15, 0.2) is 0 Å². The summed E-state index contributed by atoms with van der Waals surface area (Å²) in [5, 5.41) is 3.28. The van der Waals surface area contributed by atoms with Gasteiger partial charge in [-0.3, -0.25) is 4.79 Å². The van der Waals surface area contributed by atoms with E-state index < -0.39 is 0 Å². The number of amides is 1. The third kappa shape index (κ3) is 3.40. The molecule has 0 radical (unpaired) electrons. The van der Waals surface area contributed by atoms with Gasteiger partial charge in [0.1, 0.15) is 5.75 Å². The number of hydrogen-bond donors (Lipinski definition) is 2. The van der Waals surface area contributed by atoms with Crippen LogP contribution in [-0.4, -0.2) is 47.1 Å². The molecule has 2 N–H and O–H groups in total. The van der Waals surface area contributed by atoms with E-state index in [4.69, 9.17) is 9.72 Å². The molecule has 2 aliphatic rings. The van der Waals surface area contributed by atoms with Crippen molar-refractivity contribution in [2.45, 2.75) is 30.7 Å². The van der Waals surface area contributed by atoms with Gasteiger partial charge in [0, 0.05) is 31.5 Å². The summed E-state index contributed by atoms with van der Waals surface area (Å²) in [6.45, 7) is 1.55. The molecule has 3 aromatic rings. The normalized spacial score (nSPS) is 19.5. The van der Waals surface area contributed by atoms with Crippen LogP contribution in [0.2, 0.25) is 0 Å². The van der Waals surface area contributed by atoms with E-state index >= 15 is 0 Å². The van der Waals surface area contributed by atoms with E-state index in [1.807, 2.05) is 48.7 Å². The predicted molar refractivity (Wildman–Crippen MR) is 114 cm³/mol. The summed E-state index contributed by atoms with van der Waals surface area (Å²) in [7, 11) is 1.65. The van der Waals surface area contributed by atoms with Gasteiger partial charge >= 0.3 is 0 Å². The molecule has 1 aromatic carbocycles. The summed E-state index contributed by atoms with van der Waals surface area (Å²) in [6, 6.07) is 13.8. The zero-order chi connectivity index (χ0) is 20.6. The molecule has 7 heteroatoms. The minimum absolute atomic E-state index is 0.103. The minimum Gasteiger partial charge on any atom is -0.497 e. The highest BCUT2D eigenvalue weighted by atomic mass is 16.5. The largest absolute Gasteiger partial charge is 0.497 e. The molecule has 1 aliphatic carbocycles. The van der Waals surface area contributed by atoms with Crippen LogP contribution in [0.25, 0.3) is 11.4 Å². The molecule has 1 saturated carbocycles. The molecule has 0 bridgehead atoms. The van der Waals surface area contributed by atoms with Gasteiger partial charge in [-0.15, -0.1) is 0 Å². The Morgan fingerprint density at radius 2 is 2.07 bits per heavy atom.